The highest BCUT2D eigenvalue weighted by molar-refractivity contribution is 5.96. The van der Waals surface area contributed by atoms with Crippen LogP contribution < -0.4 is 10.6 Å². The van der Waals surface area contributed by atoms with E-state index in [0.717, 1.165) is 27.6 Å². The normalized spacial score (nSPS) is 13.9. The second kappa shape index (κ2) is 7.44. The smallest absolute Gasteiger partial charge is 0.435 e. The van der Waals surface area contributed by atoms with Gasteiger partial charge < -0.3 is 15.4 Å². The minimum atomic E-state index is -0.537. The number of nitrogens with zero attached hydrogens (tertiary/aromatic N) is 2. The van der Waals surface area contributed by atoms with Crippen LogP contribution in [-0.2, 0) is 22.6 Å². The first-order chi connectivity index (χ1) is 13.6. The summed E-state index contributed by atoms with van der Waals surface area (Å²) in [4.78, 5) is 25.0. The summed E-state index contributed by atoms with van der Waals surface area (Å²) >= 11 is 0. The molecule has 2 N–H and O–H groups in total. The molecule has 0 fully saturated rings. The molecule has 0 saturated carbocycles. The third-order valence-corrected chi connectivity index (χ3v) is 5.03. The number of hydrogen-bond acceptors (Lipinski definition) is 5. The average Bonchev–Trinajstić information content (AvgIpc) is 3.31. The van der Waals surface area contributed by atoms with Gasteiger partial charge in [-0.15, -0.1) is 5.10 Å². The van der Waals surface area contributed by atoms with Gasteiger partial charge >= 0.3 is 6.09 Å². The van der Waals surface area contributed by atoms with Crippen LogP contribution in [0, 0.1) is 0 Å². The van der Waals surface area contributed by atoms with Crippen molar-refractivity contribution in [2.75, 3.05) is 11.9 Å². The molecule has 7 nitrogen and oxygen atoms in total. The van der Waals surface area contributed by atoms with Crippen LogP contribution in [0.1, 0.15) is 36.6 Å². The van der Waals surface area contributed by atoms with E-state index in [1.165, 1.54) is 4.68 Å². The van der Waals surface area contributed by atoms with Crippen molar-refractivity contribution in [2.45, 2.75) is 32.9 Å². The van der Waals surface area contributed by atoms with E-state index in [2.05, 4.69) is 15.7 Å². The largest absolute Gasteiger partial charge is 0.448 e. The quantitative estimate of drug-likeness (QED) is 0.727. The molecule has 7 heteroatoms. The molecule has 0 bridgehead atoms. The zero-order valence-electron chi connectivity index (χ0n) is 15.9. The summed E-state index contributed by atoms with van der Waals surface area (Å²) in [5.74, 6) is -0.119. The minimum absolute atomic E-state index is 0.168. The lowest BCUT2D eigenvalue weighted by Crippen LogP contribution is -2.22. The summed E-state index contributed by atoms with van der Waals surface area (Å²) in [6.07, 6.45) is -0.537. The van der Waals surface area contributed by atoms with Crippen LogP contribution in [0.25, 0.3) is 10.8 Å². The van der Waals surface area contributed by atoms with Crippen molar-refractivity contribution in [1.29, 1.82) is 0 Å². The second-order valence-electron chi connectivity index (χ2n) is 6.81. The van der Waals surface area contributed by atoms with Gasteiger partial charge in [-0.3, -0.25) is 4.79 Å². The summed E-state index contributed by atoms with van der Waals surface area (Å²) < 4.78 is 6.28. The van der Waals surface area contributed by atoms with Crippen LogP contribution in [0.5, 0.6) is 0 Å². The minimum Gasteiger partial charge on any atom is -0.448 e. The maximum absolute atomic E-state index is 12.9. The lowest BCUT2D eigenvalue weighted by Gasteiger charge is -2.13. The third kappa shape index (κ3) is 3.25. The van der Waals surface area contributed by atoms with Crippen molar-refractivity contribution in [2.24, 2.45) is 0 Å². The molecule has 2 heterocycles. The topological polar surface area (TPSA) is 85.2 Å². The first-order valence-corrected chi connectivity index (χ1v) is 9.36. The zero-order chi connectivity index (χ0) is 19.7. The molecule has 28 heavy (non-hydrogen) atoms. The average molecular weight is 378 g/mol. The van der Waals surface area contributed by atoms with Gasteiger partial charge in [0, 0.05) is 18.7 Å². The van der Waals surface area contributed by atoms with Crippen molar-refractivity contribution in [3.8, 4) is 0 Å². The summed E-state index contributed by atoms with van der Waals surface area (Å²) in [6, 6.07) is 14.1. The van der Waals surface area contributed by atoms with E-state index in [1.807, 2.05) is 49.4 Å². The molecular formula is C21H22N4O3. The van der Waals surface area contributed by atoms with Crippen molar-refractivity contribution in [1.82, 2.24) is 15.1 Å². The Kier molecular flexibility index (Phi) is 4.83. The van der Waals surface area contributed by atoms with Crippen LogP contribution in [0.3, 0.4) is 0 Å². The molecule has 2 aromatic carbocycles. The van der Waals surface area contributed by atoms with Crippen molar-refractivity contribution in [3.63, 3.8) is 0 Å². The van der Waals surface area contributed by atoms with Gasteiger partial charge in [0.1, 0.15) is 0 Å². The fourth-order valence-electron chi connectivity index (χ4n) is 3.45. The van der Waals surface area contributed by atoms with E-state index in [1.54, 1.807) is 6.92 Å². The SMILES string of the molecule is CCOC(=O)n1nc(NC(=O)C(C)c2ccc3ccccc3c2)c2c1CNC2. The highest BCUT2D eigenvalue weighted by Crippen LogP contribution is 2.27. The van der Waals surface area contributed by atoms with Crippen LogP contribution in [0.4, 0.5) is 10.6 Å². The van der Waals surface area contributed by atoms with Crippen LogP contribution in [0.2, 0.25) is 0 Å². The predicted molar refractivity (Wildman–Crippen MR) is 106 cm³/mol. The van der Waals surface area contributed by atoms with E-state index in [0.29, 0.717) is 18.9 Å². The Morgan fingerprint density at radius 3 is 2.79 bits per heavy atom. The first kappa shape index (κ1) is 18.2. The van der Waals surface area contributed by atoms with Gasteiger partial charge in [-0.1, -0.05) is 42.5 Å². The Bertz CT molecular complexity index is 1060. The van der Waals surface area contributed by atoms with Crippen LogP contribution in [0.15, 0.2) is 42.5 Å². The van der Waals surface area contributed by atoms with Crippen molar-refractivity contribution >= 4 is 28.6 Å². The van der Waals surface area contributed by atoms with Gasteiger partial charge in [-0.2, -0.15) is 4.68 Å². The number of carbonyl (C=O) groups excluding carboxylic acids is 2. The van der Waals surface area contributed by atoms with Crippen molar-refractivity contribution in [3.05, 3.63) is 59.3 Å². The number of ether oxygens (including phenoxy) is 1. The molecule has 1 amide bonds. The van der Waals surface area contributed by atoms with Gasteiger partial charge in [0.15, 0.2) is 5.82 Å². The highest BCUT2D eigenvalue weighted by Gasteiger charge is 2.28. The molecule has 1 atom stereocenters. The Morgan fingerprint density at radius 2 is 2.00 bits per heavy atom. The van der Waals surface area contributed by atoms with E-state index >= 15 is 0 Å². The van der Waals surface area contributed by atoms with Crippen LogP contribution in [-0.4, -0.2) is 28.4 Å². The molecule has 1 aliphatic heterocycles. The molecule has 1 unspecified atom stereocenters. The summed E-state index contributed by atoms with van der Waals surface area (Å²) in [6.45, 7) is 4.93. The number of nitrogens with one attached hydrogen (secondary N) is 2. The van der Waals surface area contributed by atoms with Crippen LogP contribution >= 0.6 is 0 Å². The Labute approximate surface area is 162 Å². The van der Waals surface area contributed by atoms with Gasteiger partial charge in [0.2, 0.25) is 5.91 Å². The number of benzene rings is 2. The number of rotatable bonds is 4. The van der Waals surface area contributed by atoms with E-state index in [-0.39, 0.29) is 18.4 Å². The predicted octanol–water partition coefficient (Wildman–Crippen LogP) is 3.39. The number of amides is 1. The second-order valence-corrected chi connectivity index (χ2v) is 6.81. The summed E-state index contributed by atoms with van der Waals surface area (Å²) in [5, 5.41) is 12.6. The highest BCUT2D eigenvalue weighted by atomic mass is 16.6. The number of hydrogen-bond donors (Lipinski definition) is 2. The van der Waals surface area contributed by atoms with Gasteiger partial charge in [-0.05, 0) is 30.2 Å². The standard InChI is InChI=1S/C21H22N4O3/c1-3-28-21(27)25-18-12-22-11-17(18)19(24-25)23-20(26)13(2)15-9-8-14-6-4-5-7-16(14)10-15/h4-10,13,22H,3,11-12H2,1-2H3,(H,23,24,26). The lowest BCUT2D eigenvalue weighted by atomic mass is 9.97. The number of aromatic nitrogens is 2. The Balaban J connectivity index is 1.57. The Hall–Kier alpha value is -3.19. The maximum Gasteiger partial charge on any atom is 0.435 e. The van der Waals surface area contributed by atoms with E-state index < -0.39 is 6.09 Å². The summed E-state index contributed by atoms with van der Waals surface area (Å²) in [7, 11) is 0. The lowest BCUT2D eigenvalue weighted by molar-refractivity contribution is -0.117. The fraction of sp³-hybridized carbons (Fsp3) is 0.286. The van der Waals surface area contributed by atoms with E-state index in [9.17, 15) is 9.59 Å². The molecule has 0 saturated heterocycles. The molecule has 3 aromatic rings. The molecule has 144 valence electrons. The van der Waals surface area contributed by atoms with Crippen molar-refractivity contribution < 1.29 is 14.3 Å². The Morgan fingerprint density at radius 1 is 1.21 bits per heavy atom. The zero-order valence-corrected chi connectivity index (χ0v) is 15.9. The third-order valence-electron chi connectivity index (χ3n) is 5.03. The van der Waals surface area contributed by atoms with Gasteiger partial charge in [0.25, 0.3) is 0 Å². The number of fused-ring (bicyclic) bond motifs is 2. The fourth-order valence-corrected chi connectivity index (χ4v) is 3.45. The molecular weight excluding hydrogens is 356 g/mol. The van der Waals surface area contributed by atoms with Gasteiger partial charge in [-0.25, -0.2) is 4.79 Å². The molecule has 4 rings (SSSR count). The molecule has 1 aliphatic rings. The summed E-state index contributed by atoms with van der Waals surface area (Å²) in [5.41, 5.74) is 2.48. The molecule has 1 aromatic heterocycles. The molecule has 0 radical (unpaired) electrons. The molecule has 0 spiro atoms. The molecule has 0 aliphatic carbocycles. The number of carbonyl (C=O) groups is 2. The van der Waals surface area contributed by atoms with E-state index in [4.69, 9.17) is 4.74 Å². The number of anilines is 1. The first-order valence-electron chi connectivity index (χ1n) is 9.36. The van der Waals surface area contributed by atoms with Gasteiger partial charge in [0.05, 0.1) is 18.2 Å². The monoisotopic (exact) mass is 378 g/mol. The maximum atomic E-state index is 12.9.